The van der Waals surface area contributed by atoms with Crippen molar-refractivity contribution in [1.29, 1.82) is 0 Å². The van der Waals surface area contributed by atoms with E-state index in [2.05, 4.69) is 28.1 Å². The van der Waals surface area contributed by atoms with Gasteiger partial charge in [-0.3, -0.25) is 4.79 Å². The monoisotopic (exact) mass is 247 g/mol. The van der Waals surface area contributed by atoms with Crippen molar-refractivity contribution in [3.63, 3.8) is 0 Å². The first-order valence-electron chi connectivity index (χ1n) is 6.54. The van der Waals surface area contributed by atoms with Gasteiger partial charge in [0.25, 0.3) is 0 Å². The molecule has 1 aromatic carbocycles. The van der Waals surface area contributed by atoms with Crippen molar-refractivity contribution in [2.75, 3.05) is 25.5 Å². The lowest BCUT2D eigenvalue weighted by atomic mass is 10.1. The van der Waals surface area contributed by atoms with Crippen LogP contribution in [-0.4, -0.2) is 32.1 Å². The van der Waals surface area contributed by atoms with Gasteiger partial charge in [0.2, 0.25) is 5.91 Å². The summed E-state index contributed by atoms with van der Waals surface area (Å²) in [5, 5.41) is 9.52. The number of carbonyl (C=O) groups is 1. The molecule has 98 valence electrons. The van der Waals surface area contributed by atoms with Gasteiger partial charge in [-0.05, 0) is 43.6 Å². The van der Waals surface area contributed by atoms with Gasteiger partial charge in [-0.15, -0.1) is 0 Å². The van der Waals surface area contributed by atoms with Crippen LogP contribution in [0.4, 0.5) is 5.69 Å². The average molecular weight is 247 g/mol. The van der Waals surface area contributed by atoms with Crippen molar-refractivity contribution in [2.24, 2.45) is 0 Å². The highest BCUT2D eigenvalue weighted by Crippen LogP contribution is 2.14. The molecule has 0 atom stereocenters. The van der Waals surface area contributed by atoms with Gasteiger partial charge in [-0.2, -0.15) is 0 Å². The molecule has 1 fully saturated rings. The summed E-state index contributed by atoms with van der Waals surface area (Å²) in [5.74, 6) is 0.0501. The molecule has 1 saturated heterocycles. The molecule has 2 rings (SSSR count). The quantitative estimate of drug-likeness (QED) is 0.748. The molecule has 18 heavy (non-hydrogen) atoms. The number of hydrogen-bond donors (Lipinski definition) is 3. The van der Waals surface area contributed by atoms with Crippen LogP contribution in [-0.2, 0) is 11.2 Å². The number of piperidine rings is 1. The Morgan fingerprint density at radius 2 is 1.94 bits per heavy atom. The topological polar surface area (TPSA) is 53.2 Å². The third-order valence-electron chi connectivity index (χ3n) is 3.31. The van der Waals surface area contributed by atoms with E-state index in [1.807, 2.05) is 12.1 Å². The van der Waals surface area contributed by atoms with Crippen molar-refractivity contribution in [3.8, 4) is 0 Å². The second kappa shape index (κ2) is 6.40. The van der Waals surface area contributed by atoms with Crippen molar-refractivity contribution < 1.29 is 4.79 Å². The molecule has 0 radical (unpaired) electrons. The van der Waals surface area contributed by atoms with Gasteiger partial charge in [-0.25, -0.2) is 0 Å². The van der Waals surface area contributed by atoms with E-state index in [9.17, 15) is 4.79 Å². The van der Waals surface area contributed by atoms with E-state index < -0.39 is 0 Å². The maximum atomic E-state index is 11.2. The Kier molecular flexibility index (Phi) is 4.59. The van der Waals surface area contributed by atoms with E-state index >= 15 is 0 Å². The van der Waals surface area contributed by atoms with Crippen molar-refractivity contribution in [1.82, 2.24) is 10.6 Å². The van der Waals surface area contributed by atoms with Crippen LogP contribution in [0.2, 0.25) is 0 Å². The van der Waals surface area contributed by atoms with Crippen LogP contribution in [0.25, 0.3) is 0 Å². The van der Waals surface area contributed by atoms with Gasteiger partial charge < -0.3 is 16.0 Å². The summed E-state index contributed by atoms with van der Waals surface area (Å²) in [4.78, 5) is 11.2. The predicted molar refractivity (Wildman–Crippen MR) is 73.7 cm³/mol. The zero-order chi connectivity index (χ0) is 12.8. The largest absolute Gasteiger partial charge is 0.382 e. The van der Waals surface area contributed by atoms with Crippen LogP contribution in [0.5, 0.6) is 0 Å². The van der Waals surface area contributed by atoms with Gasteiger partial charge in [-0.1, -0.05) is 12.1 Å². The average Bonchev–Trinajstić information content (AvgIpc) is 2.42. The van der Waals surface area contributed by atoms with E-state index in [-0.39, 0.29) is 5.91 Å². The van der Waals surface area contributed by atoms with Gasteiger partial charge in [0.1, 0.15) is 0 Å². The molecule has 0 spiro atoms. The van der Waals surface area contributed by atoms with Crippen molar-refractivity contribution >= 4 is 11.6 Å². The SMILES string of the molecule is CNC(=O)Cc1ccc(NC2CCNCC2)cc1. The summed E-state index contributed by atoms with van der Waals surface area (Å²) in [6, 6.07) is 8.70. The predicted octanol–water partition coefficient (Wildman–Crippen LogP) is 1.14. The Hall–Kier alpha value is -1.55. The Bertz CT molecular complexity index is 383. The normalized spacial score (nSPS) is 16.3. The fourth-order valence-electron chi connectivity index (χ4n) is 2.19. The molecule has 4 nitrogen and oxygen atoms in total. The molecule has 0 unspecified atom stereocenters. The van der Waals surface area contributed by atoms with Gasteiger partial charge >= 0.3 is 0 Å². The van der Waals surface area contributed by atoms with E-state index in [1.165, 1.54) is 12.8 Å². The summed E-state index contributed by atoms with van der Waals surface area (Å²) >= 11 is 0. The summed E-state index contributed by atoms with van der Waals surface area (Å²) < 4.78 is 0. The van der Waals surface area contributed by atoms with Crippen molar-refractivity contribution in [2.45, 2.75) is 25.3 Å². The molecule has 1 aromatic rings. The zero-order valence-corrected chi connectivity index (χ0v) is 10.8. The summed E-state index contributed by atoms with van der Waals surface area (Å²) in [6.07, 6.45) is 2.78. The Morgan fingerprint density at radius 3 is 2.56 bits per heavy atom. The van der Waals surface area contributed by atoms with Crippen LogP contribution in [0.3, 0.4) is 0 Å². The number of nitrogens with one attached hydrogen (secondary N) is 3. The molecule has 1 aliphatic rings. The van der Waals surface area contributed by atoms with Crippen LogP contribution in [0.15, 0.2) is 24.3 Å². The van der Waals surface area contributed by atoms with E-state index in [4.69, 9.17) is 0 Å². The highest BCUT2D eigenvalue weighted by molar-refractivity contribution is 5.78. The number of anilines is 1. The minimum atomic E-state index is 0.0501. The fraction of sp³-hybridized carbons (Fsp3) is 0.500. The van der Waals surface area contributed by atoms with Crippen LogP contribution < -0.4 is 16.0 Å². The number of amides is 1. The smallest absolute Gasteiger partial charge is 0.224 e. The highest BCUT2D eigenvalue weighted by atomic mass is 16.1. The van der Waals surface area contributed by atoms with E-state index in [1.54, 1.807) is 7.05 Å². The van der Waals surface area contributed by atoms with Gasteiger partial charge in [0.05, 0.1) is 6.42 Å². The first-order chi connectivity index (χ1) is 8.78. The van der Waals surface area contributed by atoms with E-state index in [0.29, 0.717) is 12.5 Å². The molecular weight excluding hydrogens is 226 g/mol. The number of carbonyl (C=O) groups excluding carboxylic acids is 1. The Labute approximate surface area is 108 Å². The maximum Gasteiger partial charge on any atom is 0.224 e. The standard InChI is InChI=1S/C14H21N3O/c1-15-14(18)10-11-2-4-12(5-3-11)17-13-6-8-16-9-7-13/h2-5,13,16-17H,6-10H2,1H3,(H,15,18). The van der Waals surface area contributed by atoms with Gasteiger partial charge in [0.15, 0.2) is 0 Å². The number of hydrogen-bond acceptors (Lipinski definition) is 3. The zero-order valence-electron chi connectivity index (χ0n) is 10.8. The lowest BCUT2D eigenvalue weighted by Gasteiger charge is -2.24. The Balaban J connectivity index is 1.88. The number of benzene rings is 1. The fourth-order valence-corrected chi connectivity index (χ4v) is 2.19. The minimum Gasteiger partial charge on any atom is -0.382 e. The third-order valence-corrected chi connectivity index (χ3v) is 3.31. The van der Waals surface area contributed by atoms with Crippen LogP contribution in [0.1, 0.15) is 18.4 Å². The molecule has 1 amide bonds. The number of rotatable bonds is 4. The summed E-state index contributed by atoms with van der Waals surface area (Å²) in [5.41, 5.74) is 2.19. The molecular formula is C14H21N3O. The summed E-state index contributed by atoms with van der Waals surface area (Å²) in [6.45, 7) is 2.18. The third kappa shape index (κ3) is 3.74. The summed E-state index contributed by atoms with van der Waals surface area (Å²) in [7, 11) is 1.66. The maximum absolute atomic E-state index is 11.2. The van der Waals surface area contributed by atoms with Gasteiger partial charge in [0, 0.05) is 18.8 Å². The first kappa shape index (κ1) is 12.9. The highest BCUT2D eigenvalue weighted by Gasteiger charge is 2.12. The molecule has 0 bridgehead atoms. The van der Waals surface area contributed by atoms with Crippen LogP contribution >= 0.6 is 0 Å². The first-order valence-corrected chi connectivity index (χ1v) is 6.54. The van der Waals surface area contributed by atoms with Crippen LogP contribution in [0, 0.1) is 0 Å². The lowest BCUT2D eigenvalue weighted by Crippen LogP contribution is -2.35. The lowest BCUT2D eigenvalue weighted by molar-refractivity contribution is -0.119. The second-order valence-electron chi connectivity index (χ2n) is 4.72. The molecule has 3 N–H and O–H groups in total. The molecule has 0 aliphatic carbocycles. The Morgan fingerprint density at radius 1 is 1.28 bits per heavy atom. The molecule has 0 aromatic heterocycles. The minimum absolute atomic E-state index is 0.0501. The molecule has 4 heteroatoms. The molecule has 0 saturated carbocycles. The molecule has 1 aliphatic heterocycles. The van der Waals surface area contributed by atoms with Crippen molar-refractivity contribution in [3.05, 3.63) is 29.8 Å². The second-order valence-corrected chi connectivity index (χ2v) is 4.72. The van der Waals surface area contributed by atoms with E-state index in [0.717, 1.165) is 24.3 Å². The number of likely N-dealkylation sites (N-methyl/N-ethyl adjacent to an activating group) is 1. The molecule has 1 heterocycles.